The Balaban J connectivity index is 0.000000981. The maximum Gasteiger partial charge on any atom is 0.323 e. The molecule has 2 rings (SSSR count). The molecule has 0 aliphatic rings. The number of carbonyl (C=O) groups is 1. The van der Waals surface area contributed by atoms with E-state index < -0.39 is 10.1 Å². The first-order valence-corrected chi connectivity index (χ1v) is 10.7. The van der Waals surface area contributed by atoms with Crippen LogP contribution in [0.3, 0.4) is 0 Å². The van der Waals surface area contributed by atoms with Crippen LogP contribution in [0.2, 0.25) is 0 Å². The first-order chi connectivity index (χ1) is 15.4. The van der Waals surface area contributed by atoms with E-state index >= 15 is 0 Å². The third-order valence-corrected chi connectivity index (χ3v) is 3.10. The SMILES string of the molecule is CS(=O)(=O)O.NC(N)=N/N=C/c1ccc(NC(=O)Nc2ccc(/C=N/N=C(N)N)cc2)cc1. The summed E-state index contributed by atoms with van der Waals surface area (Å²) < 4.78 is 25.9. The number of anilines is 2. The van der Waals surface area contributed by atoms with Crippen molar-refractivity contribution in [3.63, 3.8) is 0 Å². The molecule has 0 saturated heterocycles. The first-order valence-electron chi connectivity index (χ1n) is 8.87. The molecule has 14 nitrogen and oxygen atoms in total. The first kappa shape index (κ1) is 26.5. The Bertz CT molecular complexity index is 1050. The molecule has 2 aromatic carbocycles. The topological polar surface area (TPSA) is 249 Å². The minimum atomic E-state index is -3.67. The van der Waals surface area contributed by atoms with Crippen LogP contribution in [0.25, 0.3) is 0 Å². The van der Waals surface area contributed by atoms with Gasteiger partial charge in [0.15, 0.2) is 0 Å². The second-order valence-electron chi connectivity index (χ2n) is 6.10. The van der Waals surface area contributed by atoms with E-state index in [4.69, 9.17) is 27.5 Å². The molecule has 2 aromatic rings. The van der Waals surface area contributed by atoms with Crippen LogP contribution in [-0.4, -0.2) is 49.6 Å². The highest BCUT2D eigenvalue weighted by Crippen LogP contribution is 2.11. The van der Waals surface area contributed by atoms with Crippen molar-refractivity contribution in [3.05, 3.63) is 59.7 Å². The molecule has 0 radical (unpaired) electrons. The van der Waals surface area contributed by atoms with Gasteiger partial charge in [0.25, 0.3) is 10.1 Å². The predicted molar refractivity (Wildman–Crippen MR) is 130 cm³/mol. The second kappa shape index (κ2) is 13.0. The van der Waals surface area contributed by atoms with Gasteiger partial charge in [-0.2, -0.15) is 18.6 Å². The minimum absolute atomic E-state index is 0.125. The summed E-state index contributed by atoms with van der Waals surface area (Å²) in [7, 11) is -3.67. The Kier molecular flexibility index (Phi) is 10.5. The van der Waals surface area contributed by atoms with Crippen molar-refractivity contribution in [2.45, 2.75) is 0 Å². The molecular formula is C18H24N10O4S. The average Bonchev–Trinajstić information content (AvgIpc) is 2.69. The Morgan fingerprint density at radius 3 is 1.36 bits per heavy atom. The van der Waals surface area contributed by atoms with Gasteiger partial charge in [0, 0.05) is 11.4 Å². The molecule has 0 unspecified atom stereocenters. The lowest BCUT2D eigenvalue weighted by Gasteiger charge is -2.08. The van der Waals surface area contributed by atoms with Crippen LogP contribution in [-0.2, 0) is 10.1 Å². The standard InChI is InChI=1S/C17H20N10O.CH4O3S/c18-15(19)26-22-9-11-1-5-13(6-2-11)24-17(28)25-14-7-3-12(4-8-14)10-23-27-16(20)21;1-5(2,3)4/h1-10H,(H4,18,19,26)(H4,20,21,27)(H2,24,25,28);1H3,(H,2,3,4)/b22-9+,23-10+;. The van der Waals surface area contributed by atoms with Gasteiger partial charge in [-0.05, 0) is 35.4 Å². The average molecular weight is 477 g/mol. The molecule has 0 spiro atoms. The Morgan fingerprint density at radius 2 is 1.09 bits per heavy atom. The van der Waals surface area contributed by atoms with E-state index in [1.165, 1.54) is 12.4 Å². The molecule has 0 aliphatic carbocycles. The molecule has 15 heteroatoms. The van der Waals surface area contributed by atoms with Gasteiger partial charge in [-0.1, -0.05) is 24.3 Å². The number of hydrogen-bond acceptors (Lipinski definition) is 7. The zero-order valence-electron chi connectivity index (χ0n) is 17.5. The molecule has 0 saturated carbocycles. The number of hydrogen-bond donors (Lipinski definition) is 7. The molecular weight excluding hydrogens is 452 g/mol. The van der Waals surface area contributed by atoms with Gasteiger partial charge in [0.05, 0.1) is 18.7 Å². The van der Waals surface area contributed by atoms with E-state index in [0.717, 1.165) is 11.1 Å². The van der Waals surface area contributed by atoms with Crippen LogP contribution in [0.5, 0.6) is 0 Å². The number of guanidine groups is 2. The van der Waals surface area contributed by atoms with Crippen LogP contribution in [0, 0.1) is 0 Å². The third kappa shape index (κ3) is 14.2. The van der Waals surface area contributed by atoms with Gasteiger partial charge in [0.2, 0.25) is 11.9 Å². The molecule has 0 fully saturated rings. The zero-order chi connectivity index (χ0) is 24.9. The summed E-state index contributed by atoms with van der Waals surface area (Å²) in [5, 5.41) is 19.9. The summed E-state index contributed by atoms with van der Waals surface area (Å²) in [5.74, 6) is -0.249. The Morgan fingerprint density at radius 1 is 0.788 bits per heavy atom. The monoisotopic (exact) mass is 476 g/mol. The van der Waals surface area contributed by atoms with Gasteiger partial charge < -0.3 is 33.6 Å². The molecule has 33 heavy (non-hydrogen) atoms. The zero-order valence-corrected chi connectivity index (χ0v) is 18.3. The number of amides is 2. The highest BCUT2D eigenvalue weighted by molar-refractivity contribution is 7.85. The maximum absolute atomic E-state index is 12.1. The smallest absolute Gasteiger partial charge is 0.323 e. The highest BCUT2D eigenvalue weighted by Gasteiger charge is 2.02. The predicted octanol–water partition coefficient (Wildman–Crippen LogP) is 0.0492. The number of rotatable bonds is 6. The Labute approximate surface area is 189 Å². The molecule has 0 bridgehead atoms. The van der Waals surface area contributed by atoms with Crippen LogP contribution < -0.4 is 33.6 Å². The van der Waals surface area contributed by atoms with Gasteiger partial charge in [-0.3, -0.25) is 4.55 Å². The summed E-state index contributed by atoms with van der Waals surface area (Å²) in [6.07, 6.45) is 3.69. The van der Waals surface area contributed by atoms with Crippen molar-refractivity contribution in [1.29, 1.82) is 0 Å². The lowest BCUT2D eigenvalue weighted by molar-refractivity contribution is 0.262. The van der Waals surface area contributed by atoms with Crippen molar-refractivity contribution < 1.29 is 17.8 Å². The summed E-state index contributed by atoms with van der Waals surface area (Å²) in [6, 6.07) is 13.5. The van der Waals surface area contributed by atoms with Gasteiger partial charge in [-0.15, -0.1) is 10.2 Å². The van der Waals surface area contributed by atoms with Gasteiger partial charge in [0.1, 0.15) is 0 Å². The fraction of sp³-hybridized carbons (Fsp3) is 0.0556. The van der Waals surface area contributed by atoms with Crippen LogP contribution in [0.4, 0.5) is 16.2 Å². The molecule has 0 aliphatic heterocycles. The molecule has 2 amide bonds. The van der Waals surface area contributed by atoms with Crippen LogP contribution in [0.1, 0.15) is 11.1 Å². The molecule has 0 atom stereocenters. The largest absolute Gasteiger partial charge is 0.369 e. The van der Waals surface area contributed by atoms with E-state index in [9.17, 15) is 13.2 Å². The second-order valence-corrected chi connectivity index (χ2v) is 7.56. The number of nitrogens with zero attached hydrogens (tertiary/aromatic N) is 4. The van der Waals surface area contributed by atoms with E-state index in [-0.39, 0.29) is 18.0 Å². The van der Waals surface area contributed by atoms with Crippen molar-refractivity contribution in [1.82, 2.24) is 0 Å². The highest BCUT2D eigenvalue weighted by atomic mass is 32.2. The van der Waals surface area contributed by atoms with Gasteiger partial charge >= 0.3 is 6.03 Å². The van der Waals surface area contributed by atoms with E-state index in [0.29, 0.717) is 17.6 Å². The maximum atomic E-state index is 12.1. The van der Waals surface area contributed by atoms with Crippen molar-refractivity contribution in [2.24, 2.45) is 43.3 Å². The number of urea groups is 1. The van der Waals surface area contributed by atoms with Gasteiger partial charge in [-0.25, -0.2) is 4.79 Å². The summed E-state index contributed by atoms with van der Waals surface area (Å²) >= 11 is 0. The summed E-state index contributed by atoms with van der Waals surface area (Å²) in [5.41, 5.74) is 23.5. The quantitative estimate of drug-likeness (QED) is 0.129. The van der Waals surface area contributed by atoms with E-state index in [2.05, 4.69) is 31.0 Å². The minimum Gasteiger partial charge on any atom is -0.369 e. The summed E-state index contributed by atoms with van der Waals surface area (Å²) in [6.45, 7) is 0. The fourth-order valence-corrected chi connectivity index (χ4v) is 1.92. The number of nitrogens with two attached hydrogens (primary N) is 4. The lowest BCUT2D eigenvalue weighted by atomic mass is 10.2. The van der Waals surface area contributed by atoms with Crippen molar-refractivity contribution in [2.75, 3.05) is 16.9 Å². The third-order valence-electron chi connectivity index (χ3n) is 3.10. The van der Waals surface area contributed by atoms with Crippen LogP contribution in [0.15, 0.2) is 68.9 Å². The number of benzene rings is 2. The lowest BCUT2D eigenvalue weighted by Crippen LogP contribution is -2.21. The van der Waals surface area contributed by atoms with E-state index in [1.54, 1.807) is 48.5 Å². The summed E-state index contributed by atoms with van der Waals surface area (Å²) in [4.78, 5) is 12.1. The van der Waals surface area contributed by atoms with Crippen molar-refractivity contribution >= 4 is 51.9 Å². The van der Waals surface area contributed by atoms with Crippen molar-refractivity contribution in [3.8, 4) is 0 Å². The normalized spacial score (nSPS) is 10.7. The fourth-order valence-electron chi connectivity index (χ4n) is 1.92. The van der Waals surface area contributed by atoms with Crippen LogP contribution >= 0.6 is 0 Å². The Hall–Kier alpha value is -4.50. The molecule has 0 heterocycles. The number of nitrogens with one attached hydrogen (secondary N) is 2. The number of carbonyl (C=O) groups excluding carboxylic acids is 1. The van der Waals surface area contributed by atoms with E-state index in [1.807, 2.05) is 0 Å². The molecule has 176 valence electrons. The molecule has 0 aromatic heterocycles. The molecule has 11 N–H and O–H groups in total.